The van der Waals surface area contributed by atoms with E-state index in [1.54, 1.807) is 36.1 Å². The summed E-state index contributed by atoms with van der Waals surface area (Å²) in [6.45, 7) is 2.97. The highest BCUT2D eigenvalue weighted by atomic mass is 32.2. The first kappa shape index (κ1) is 18.3. The van der Waals surface area contributed by atoms with E-state index in [0.717, 1.165) is 5.56 Å². The molecular formula is C16H20N4O5S. The summed E-state index contributed by atoms with van der Waals surface area (Å²) < 4.78 is 34.8. The highest BCUT2D eigenvalue weighted by Gasteiger charge is 2.26. The van der Waals surface area contributed by atoms with Crippen LogP contribution in [-0.2, 0) is 14.8 Å². The summed E-state index contributed by atoms with van der Waals surface area (Å²) in [5.41, 5.74) is 0.789. The average molecular weight is 380 g/mol. The van der Waals surface area contributed by atoms with Gasteiger partial charge in [0, 0.05) is 38.7 Å². The number of amides is 1. The van der Waals surface area contributed by atoms with Crippen molar-refractivity contribution in [3.05, 3.63) is 30.2 Å². The molecule has 0 saturated carbocycles. The molecule has 1 aromatic carbocycles. The number of aromatic nitrogens is 2. The van der Waals surface area contributed by atoms with Crippen molar-refractivity contribution in [1.29, 1.82) is 0 Å². The van der Waals surface area contributed by atoms with Gasteiger partial charge >= 0.3 is 0 Å². The Hall–Kier alpha value is -2.46. The number of hydrogen-bond donors (Lipinski definition) is 0. The van der Waals surface area contributed by atoms with Gasteiger partial charge < -0.3 is 14.2 Å². The van der Waals surface area contributed by atoms with E-state index in [0.29, 0.717) is 43.6 Å². The Morgan fingerprint density at radius 2 is 1.85 bits per heavy atom. The van der Waals surface area contributed by atoms with E-state index >= 15 is 0 Å². The lowest BCUT2D eigenvalue weighted by Crippen LogP contribution is -2.51. The minimum absolute atomic E-state index is 0.0977. The van der Waals surface area contributed by atoms with Gasteiger partial charge in [-0.3, -0.25) is 4.79 Å². The zero-order valence-corrected chi connectivity index (χ0v) is 15.4. The smallest absolute Gasteiger partial charge is 0.260 e. The van der Waals surface area contributed by atoms with Crippen LogP contribution in [0.4, 0.5) is 0 Å². The third kappa shape index (κ3) is 4.38. The molecule has 1 aromatic heterocycles. The summed E-state index contributed by atoms with van der Waals surface area (Å²) in [5, 5.41) is 3.84. The number of nitrogens with zero attached hydrogens (tertiary/aromatic N) is 4. The number of benzene rings is 1. The second-order valence-corrected chi connectivity index (χ2v) is 7.98. The van der Waals surface area contributed by atoms with Crippen LogP contribution in [0.3, 0.4) is 0 Å². The lowest BCUT2D eigenvalue weighted by molar-refractivity contribution is -0.134. The summed E-state index contributed by atoms with van der Waals surface area (Å²) in [7, 11) is -3.21. The lowest BCUT2D eigenvalue weighted by atomic mass is 10.2. The van der Waals surface area contributed by atoms with Gasteiger partial charge in [0.25, 0.3) is 5.91 Å². The SMILES string of the molecule is Cc1nc(-c2ccc(OCC(=O)N3CCN(S(C)(=O)=O)CC3)cc2)no1. The van der Waals surface area contributed by atoms with E-state index in [4.69, 9.17) is 9.26 Å². The normalized spacial score (nSPS) is 15.8. The van der Waals surface area contributed by atoms with Crippen LogP contribution in [0.5, 0.6) is 5.75 Å². The standard InChI is InChI=1S/C16H20N4O5S/c1-12-17-16(18-25-12)13-3-5-14(6-4-13)24-11-15(21)19-7-9-20(10-8-19)26(2,22)23/h3-6H,7-11H2,1-2H3. The van der Waals surface area contributed by atoms with Crippen LogP contribution in [0.2, 0.25) is 0 Å². The summed E-state index contributed by atoms with van der Waals surface area (Å²) >= 11 is 0. The number of carbonyl (C=O) groups is 1. The molecule has 0 unspecified atom stereocenters. The number of hydrogen-bond acceptors (Lipinski definition) is 7. The third-order valence-corrected chi connectivity index (χ3v) is 5.37. The van der Waals surface area contributed by atoms with E-state index in [9.17, 15) is 13.2 Å². The summed E-state index contributed by atoms with van der Waals surface area (Å²) in [6, 6.07) is 7.04. The molecule has 0 atom stereocenters. The molecule has 1 fully saturated rings. The van der Waals surface area contributed by atoms with Crippen LogP contribution >= 0.6 is 0 Å². The van der Waals surface area contributed by atoms with E-state index in [1.165, 1.54) is 10.6 Å². The Balaban J connectivity index is 1.50. The topological polar surface area (TPSA) is 106 Å². The van der Waals surface area contributed by atoms with Crippen LogP contribution in [-0.4, -0.2) is 72.7 Å². The molecule has 0 N–H and O–H groups in total. The Kier molecular flexibility index (Phi) is 5.23. The van der Waals surface area contributed by atoms with Crippen LogP contribution in [0.1, 0.15) is 5.89 Å². The fourth-order valence-corrected chi connectivity index (χ4v) is 3.45. The van der Waals surface area contributed by atoms with E-state index in [2.05, 4.69) is 10.1 Å². The minimum atomic E-state index is -3.21. The minimum Gasteiger partial charge on any atom is -0.484 e. The Morgan fingerprint density at radius 3 is 2.38 bits per heavy atom. The molecule has 1 aliphatic rings. The molecule has 0 spiro atoms. The Bertz CT molecular complexity index is 870. The van der Waals surface area contributed by atoms with Crippen LogP contribution in [0, 0.1) is 6.92 Å². The van der Waals surface area contributed by atoms with Gasteiger partial charge in [-0.15, -0.1) is 0 Å². The zero-order valence-electron chi connectivity index (χ0n) is 14.6. The maximum atomic E-state index is 12.2. The van der Waals surface area contributed by atoms with Gasteiger partial charge in [-0.05, 0) is 24.3 Å². The van der Waals surface area contributed by atoms with Crippen molar-refractivity contribution in [3.63, 3.8) is 0 Å². The number of carbonyl (C=O) groups excluding carboxylic acids is 1. The van der Waals surface area contributed by atoms with Crippen molar-refractivity contribution in [2.45, 2.75) is 6.92 Å². The summed E-state index contributed by atoms with van der Waals surface area (Å²) in [4.78, 5) is 18.0. The number of piperazine rings is 1. The molecule has 1 amide bonds. The van der Waals surface area contributed by atoms with Gasteiger partial charge in [0.15, 0.2) is 6.61 Å². The van der Waals surface area contributed by atoms with Gasteiger partial charge in [-0.25, -0.2) is 8.42 Å². The number of sulfonamides is 1. The predicted octanol–water partition coefficient (Wildman–Crippen LogP) is 0.528. The fourth-order valence-electron chi connectivity index (χ4n) is 2.62. The Labute approximate surface area is 151 Å². The average Bonchev–Trinajstić information content (AvgIpc) is 3.06. The monoisotopic (exact) mass is 380 g/mol. The third-order valence-electron chi connectivity index (χ3n) is 4.06. The van der Waals surface area contributed by atoms with Gasteiger partial charge in [-0.2, -0.15) is 9.29 Å². The number of ether oxygens (including phenoxy) is 1. The number of rotatable bonds is 5. The van der Waals surface area contributed by atoms with Crippen molar-refractivity contribution in [2.75, 3.05) is 39.0 Å². The zero-order chi connectivity index (χ0) is 18.7. The van der Waals surface area contributed by atoms with Gasteiger partial charge in [-0.1, -0.05) is 5.16 Å². The molecule has 2 aromatic rings. The van der Waals surface area contributed by atoms with Crippen molar-refractivity contribution in [2.24, 2.45) is 0 Å². The Morgan fingerprint density at radius 1 is 1.19 bits per heavy atom. The second-order valence-electron chi connectivity index (χ2n) is 5.99. The van der Waals surface area contributed by atoms with Gasteiger partial charge in [0.1, 0.15) is 5.75 Å². The van der Waals surface area contributed by atoms with E-state index < -0.39 is 10.0 Å². The summed E-state index contributed by atoms with van der Waals surface area (Å²) in [6.07, 6.45) is 1.17. The maximum Gasteiger partial charge on any atom is 0.260 e. The molecule has 0 radical (unpaired) electrons. The molecule has 3 rings (SSSR count). The molecule has 1 saturated heterocycles. The highest BCUT2D eigenvalue weighted by molar-refractivity contribution is 7.88. The van der Waals surface area contributed by atoms with Crippen LogP contribution in [0.25, 0.3) is 11.4 Å². The van der Waals surface area contributed by atoms with Crippen molar-refractivity contribution in [3.8, 4) is 17.1 Å². The van der Waals surface area contributed by atoms with Gasteiger partial charge in [0.2, 0.25) is 21.7 Å². The quantitative estimate of drug-likeness (QED) is 0.745. The largest absolute Gasteiger partial charge is 0.484 e. The van der Waals surface area contributed by atoms with Crippen molar-refractivity contribution < 1.29 is 22.5 Å². The van der Waals surface area contributed by atoms with Crippen LogP contribution < -0.4 is 4.74 Å². The fraction of sp³-hybridized carbons (Fsp3) is 0.438. The molecule has 9 nitrogen and oxygen atoms in total. The molecule has 140 valence electrons. The van der Waals surface area contributed by atoms with Crippen LogP contribution in [0.15, 0.2) is 28.8 Å². The predicted molar refractivity (Wildman–Crippen MR) is 93.0 cm³/mol. The second kappa shape index (κ2) is 7.42. The number of aryl methyl sites for hydroxylation is 1. The highest BCUT2D eigenvalue weighted by Crippen LogP contribution is 2.20. The molecular weight excluding hydrogens is 360 g/mol. The van der Waals surface area contributed by atoms with Crippen molar-refractivity contribution >= 4 is 15.9 Å². The lowest BCUT2D eigenvalue weighted by Gasteiger charge is -2.33. The molecule has 26 heavy (non-hydrogen) atoms. The molecule has 0 aliphatic carbocycles. The van der Waals surface area contributed by atoms with Gasteiger partial charge in [0.05, 0.1) is 6.26 Å². The first-order chi connectivity index (χ1) is 12.3. The molecule has 2 heterocycles. The molecule has 1 aliphatic heterocycles. The van der Waals surface area contributed by atoms with E-state index in [1.807, 2.05) is 0 Å². The van der Waals surface area contributed by atoms with Crippen molar-refractivity contribution in [1.82, 2.24) is 19.3 Å². The first-order valence-corrected chi connectivity index (χ1v) is 9.94. The molecule has 10 heteroatoms. The first-order valence-electron chi connectivity index (χ1n) is 8.09. The van der Waals surface area contributed by atoms with E-state index in [-0.39, 0.29) is 12.5 Å². The maximum absolute atomic E-state index is 12.2. The summed E-state index contributed by atoms with van der Waals surface area (Å²) in [5.74, 6) is 1.36. The molecule has 0 bridgehead atoms.